The van der Waals surface area contributed by atoms with Crippen LogP contribution in [0.25, 0.3) is 0 Å². The van der Waals surface area contributed by atoms with Crippen LogP contribution in [0.1, 0.15) is 206 Å². The second kappa shape index (κ2) is 36.9. The zero-order valence-electron chi connectivity index (χ0n) is 27.9. The molecule has 0 saturated heterocycles. The summed E-state index contributed by atoms with van der Waals surface area (Å²) in [5.74, 6) is 0. The molecule has 40 heavy (non-hydrogen) atoms. The quantitative estimate of drug-likeness (QED) is 0.0764. The van der Waals surface area contributed by atoms with Crippen LogP contribution < -0.4 is 0 Å². The molecule has 0 rings (SSSR count). The summed E-state index contributed by atoms with van der Waals surface area (Å²) in [5, 5.41) is 9.58. The van der Waals surface area contributed by atoms with Crippen molar-refractivity contribution in [2.75, 3.05) is 26.4 Å². The summed E-state index contributed by atoms with van der Waals surface area (Å²) >= 11 is 0. The summed E-state index contributed by atoms with van der Waals surface area (Å²) in [5.41, 5.74) is 0. The Hall–Kier alpha value is -0.120. The molecule has 0 radical (unpaired) electrons. The number of unbranched alkanes of at least 4 members (excludes halogenated alkanes) is 28. The maximum absolute atomic E-state index is 9.58. The molecule has 1 atom stereocenters. The molecule has 3 heteroatoms. The minimum absolute atomic E-state index is 0.0671. The Morgan fingerprint density at radius 1 is 0.375 bits per heavy atom. The summed E-state index contributed by atoms with van der Waals surface area (Å²) in [6.45, 7) is 6.74. The van der Waals surface area contributed by atoms with Crippen LogP contribution in [0, 0.1) is 0 Å². The molecule has 242 valence electrons. The van der Waals surface area contributed by atoms with Crippen LogP contribution in [-0.4, -0.2) is 37.6 Å². The van der Waals surface area contributed by atoms with E-state index in [-0.39, 0.29) is 12.7 Å². The lowest BCUT2D eigenvalue weighted by Crippen LogP contribution is -2.24. The van der Waals surface area contributed by atoms with Gasteiger partial charge in [-0.2, -0.15) is 0 Å². The van der Waals surface area contributed by atoms with Crippen molar-refractivity contribution in [3.8, 4) is 0 Å². The maximum Gasteiger partial charge on any atom is 0.104 e. The van der Waals surface area contributed by atoms with Gasteiger partial charge >= 0.3 is 0 Å². The average molecular weight is 569 g/mol. The van der Waals surface area contributed by atoms with Gasteiger partial charge in [0.05, 0.1) is 13.2 Å². The fourth-order valence-electron chi connectivity index (χ4n) is 5.67. The fourth-order valence-corrected chi connectivity index (χ4v) is 5.67. The molecule has 0 aliphatic rings. The predicted octanol–water partition coefficient (Wildman–Crippen LogP) is 12.1. The van der Waals surface area contributed by atoms with Crippen molar-refractivity contribution < 1.29 is 14.6 Å². The first kappa shape index (κ1) is 39.9. The molecule has 0 amide bonds. The number of hydrogen-bond acceptors (Lipinski definition) is 3. The summed E-state index contributed by atoms with van der Waals surface area (Å²) in [7, 11) is 0. The van der Waals surface area contributed by atoms with Gasteiger partial charge in [0.25, 0.3) is 0 Å². The highest BCUT2D eigenvalue weighted by Crippen LogP contribution is 2.15. The van der Waals surface area contributed by atoms with Crippen LogP contribution >= 0.6 is 0 Å². The van der Waals surface area contributed by atoms with Crippen molar-refractivity contribution in [3.63, 3.8) is 0 Å². The molecular weight excluding hydrogens is 492 g/mol. The Balaban J connectivity index is 3.24. The summed E-state index contributed by atoms with van der Waals surface area (Å²) in [6.07, 6.45) is 41.4. The molecule has 0 unspecified atom stereocenters. The minimum atomic E-state index is -0.150. The zero-order valence-corrected chi connectivity index (χ0v) is 27.9. The summed E-state index contributed by atoms with van der Waals surface area (Å²) < 4.78 is 11.7. The number of aliphatic hydroxyl groups excluding tert-OH is 1. The van der Waals surface area contributed by atoms with Crippen LogP contribution in [0.3, 0.4) is 0 Å². The van der Waals surface area contributed by atoms with Crippen LogP contribution in [0.2, 0.25) is 0 Å². The molecule has 0 aromatic heterocycles. The van der Waals surface area contributed by atoms with Gasteiger partial charge in [-0.1, -0.05) is 194 Å². The molecule has 0 spiro atoms. The van der Waals surface area contributed by atoms with Gasteiger partial charge < -0.3 is 14.6 Å². The van der Waals surface area contributed by atoms with Crippen LogP contribution in [-0.2, 0) is 9.47 Å². The second-order valence-corrected chi connectivity index (χ2v) is 12.6. The molecular formula is C37H76O3. The molecule has 0 aromatic rings. The highest BCUT2D eigenvalue weighted by atomic mass is 16.5. The minimum Gasteiger partial charge on any atom is -0.394 e. The topological polar surface area (TPSA) is 38.7 Å². The maximum atomic E-state index is 9.58. The third kappa shape index (κ3) is 34.1. The predicted molar refractivity (Wildman–Crippen MR) is 178 cm³/mol. The van der Waals surface area contributed by atoms with E-state index in [1.54, 1.807) is 0 Å². The molecule has 0 fully saturated rings. The molecule has 0 aliphatic heterocycles. The normalized spacial score (nSPS) is 12.4. The molecule has 0 saturated carbocycles. The van der Waals surface area contributed by atoms with E-state index in [0.29, 0.717) is 6.61 Å². The van der Waals surface area contributed by atoms with E-state index >= 15 is 0 Å². The highest BCUT2D eigenvalue weighted by molar-refractivity contribution is 4.56. The Kier molecular flexibility index (Phi) is 36.8. The molecule has 0 heterocycles. The van der Waals surface area contributed by atoms with Crippen molar-refractivity contribution in [2.45, 2.75) is 213 Å². The van der Waals surface area contributed by atoms with E-state index in [4.69, 9.17) is 9.47 Å². The van der Waals surface area contributed by atoms with E-state index in [1.807, 2.05) is 0 Å². The van der Waals surface area contributed by atoms with Gasteiger partial charge in [-0.25, -0.2) is 0 Å². The molecule has 3 nitrogen and oxygen atoms in total. The third-order valence-electron chi connectivity index (χ3n) is 8.50. The van der Waals surface area contributed by atoms with Gasteiger partial charge in [-0.15, -0.1) is 0 Å². The van der Waals surface area contributed by atoms with Crippen LogP contribution in [0.5, 0.6) is 0 Å². The van der Waals surface area contributed by atoms with Gasteiger partial charge in [0, 0.05) is 13.2 Å². The largest absolute Gasteiger partial charge is 0.394 e. The summed E-state index contributed by atoms with van der Waals surface area (Å²) in [6, 6.07) is 0. The van der Waals surface area contributed by atoms with E-state index in [0.717, 1.165) is 26.1 Å². The van der Waals surface area contributed by atoms with Crippen molar-refractivity contribution in [3.05, 3.63) is 0 Å². The highest BCUT2D eigenvalue weighted by Gasteiger charge is 2.07. The van der Waals surface area contributed by atoms with E-state index < -0.39 is 0 Å². The number of ether oxygens (including phenoxy) is 2. The Labute approximate surface area is 253 Å². The van der Waals surface area contributed by atoms with Gasteiger partial charge in [0.2, 0.25) is 0 Å². The standard InChI is InChI=1S/C37H76O3/c1-3-5-7-9-11-13-15-17-19-20-22-24-26-28-30-32-34-40-37(35-38)36-39-33-31-29-27-25-23-21-18-16-14-12-10-8-6-4-2/h37-38H,3-36H2,1-2H3/t37-/m0/s1. The SMILES string of the molecule is CCCCCCCCCCCCCCCCCCO[C@@H](CO)COCCCCCCCCCCCCCCCC. The van der Waals surface area contributed by atoms with Crippen LogP contribution in [0.4, 0.5) is 0 Å². The van der Waals surface area contributed by atoms with Crippen molar-refractivity contribution in [2.24, 2.45) is 0 Å². The van der Waals surface area contributed by atoms with Gasteiger partial charge in [0.15, 0.2) is 0 Å². The van der Waals surface area contributed by atoms with Gasteiger partial charge in [-0.05, 0) is 12.8 Å². The van der Waals surface area contributed by atoms with Crippen LogP contribution in [0.15, 0.2) is 0 Å². The fraction of sp³-hybridized carbons (Fsp3) is 1.00. The Morgan fingerprint density at radius 3 is 0.950 bits per heavy atom. The number of rotatable bonds is 36. The van der Waals surface area contributed by atoms with E-state index in [9.17, 15) is 5.11 Å². The van der Waals surface area contributed by atoms with Crippen molar-refractivity contribution in [1.82, 2.24) is 0 Å². The number of hydrogen-bond donors (Lipinski definition) is 1. The van der Waals surface area contributed by atoms with Crippen molar-refractivity contribution >= 4 is 0 Å². The molecule has 1 N–H and O–H groups in total. The van der Waals surface area contributed by atoms with E-state index in [2.05, 4.69) is 13.8 Å². The first-order valence-electron chi connectivity index (χ1n) is 18.6. The monoisotopic (exact) mass is 569 g/mol. The molecule has 0 aromatic carbocycles. The Morgan fingerprint density at radius 2 is 0.650 bits per heavy atom. The first-order chi connectivity index (χ1) is 19.8. The Bertz CT molecular complexity index is 428. The smallest absolute Gasteiger partial charge is 0.104 e. The van der Waals surface area contributed by atoms with Gasteiger partial charge in [0.1, 0.15) is 6.10 Å². The van der Waals surface area contributed by atoms with Crippen molar-refractivity contribution in [1.29, 1.82) is 0 Å². The third-order valence-corrected chi connectivity index (χ3v) is 8.50. The lowest BCUT2D eigenvalue weighted by atomic mass is 10.0. The van der Waals surface area contributed by atoms with E-state index in [1.165, 1.54) is 180 Å². The second-order valence-electron chi connectivity index (χ2n) is 12.6. The lowest BCUT2D eigenvalue weighted by Gasteiger charge is -2.15. The zero-order chi connectivity index (χ0) is 29.0. The van der Waals surface area contributed by atoms with Gasteiger partial charge in [-0.3, -0.25) is 0 Å². The summed E-state index contributed by atoms with van der Waals surface area (Å²) in [4.78, 5) is 0. The molecule has 0 bridgehead atoms. The first-order valence-corrected chi connectivity index (χ1v) is 18.6. The molecule has 0 aliphatic carbocycles. The average Bonchev–Trinajstić information content (AvgIpc) is 2.97. The lowest BCUT2D eigenvalue weighted by molar-refractivity contribution is -0.0437. The number of aliphatic hydroxyl groups is 1.